The Morgan fingerprint density at radius 3 is 2.54 bits per heavy atom. The highest BCUT2D eigenvalue weighted by Gasteiger charge is 2.16. The van der Waals surface area contributed by atoms with Gasteiger partial charge in [0.25, 0.3) is 0 Å². The summed E-state index contributed by atoms with van der Waals surface area (Å²) in [5.41, 5.74) is 8.09. The van der Waals surface area contributed by atoms with Crippen LogP contribution < -0.4 is 5.32 Å². The molecule has 172 valence electrons. The Morgan fingerprint density at radius 2 is 1.69 bits per heavy atom. The highest BCUT2D eigenvalue weighted by atomic mass is 19.1. The molecule has 3 N–H and O–H groups in total. The zero-order valence-electron chi connectivity index (χ0n) is 19.0. The molecule has 7 nitrogen and oxygen atoms in total. The van der Waals surface area contributed by atoms with Gasteiger partial charge >= 0.3 is 0 Å². The van der Waals surface area contributed by atoms with Crippen LogP contribution in [0.1, 0.15) is 12.5 Å². The fourth-order valence-corrected chi connectivity index (χ4v) is 4.27. The highest BCUT2D eigenvalue weighted by Crippen LogP contribution is 2.32. The third-order valence-corrected chi connectivity index (χ3v) is 6.04. The first kappa shape index (κ1) is 21.1. The number of rotatable bonds is 6. The van der Waals surface area contributed by atoms with Crippen molar-refractivity contribution in [2.24, 2.45) is 0 Å². The zero-order chi connectivity index (χ0) is 23.8. The maximum absolute atomic E-state index is 13.4. The van der Waals surface area contributed by atoms with Gasteiger partial charge in [0, 0.05) is 41.6 Å². The van der Waals surface area contributed by atoms with Crippen molar-refractivity contribution in [2.45, 2.75) is 13.5 Å². The van der Waals surface area contributed by atoms with Gasteiger partial charge in [-0.05, 0) is 53.6 Å². The van der Waals surface area contributed by atoms with Crippen LogP contribution in [0.4, 0.5) is 4.39 Å². The van der Waals surface area contributed by atoms with Gasteiger partial charge in [0.1, 0.15) is 11.5 Å². The molecule has 2 aromatic carbocycles. The standard InChI is InChI=1S/C27H22FN7/c1-2-29-11-16-9-19(13-30-12-16)18-5-8-23-21(10-18)26(35-34-23)27-32-24-15-31-14-22(25(24)33-27)17-3-6-20(28)7-4-17/h3-10,12-15,29H,2,11H2,1H3,(H,32,33)(H,34,35). The summed E-state index contributed by atoms with van der Waals surface area (Å²) in [4.78, 5) is 17.0. The number of fused-ring (bicyclic) bond motifs is 2. The zero-order valence-corrected chi connectivity index (χ0v) is 19.0. The molecule has 0 aliphatic carbocycles. The molecule has 0 atom stereocenters. The van der Waals surface area contributed by atoms with Crippen molar-refractivity contribution >= 4 is 21.9 Å². The first-order valence-electron chi connectivity index (χ1n) is 11.4. The average Bonchev–Trinajstić information content (AvgIpc) is 3.51. The molecule has 0 aliphatic rings. The lowest BCUT2D eigenvalue weighted by molar-refractivity contribution is 0.628. The van der Waals surface area contributed by atoms with Crippen molar-refractivity contribution in [3.8, 4) is 33.8 Å². The van der Waals surface area contributed by atoms with Crippen molar-refractivity contribution < 1.29 is 4.39 Å². The van der Waals surface area contributed by atoms with E-state index in [9.17, 15) is 4.39 Å². The number of H-pyrrole nitrogens is 2. The lowest BCUT2D eigenvalue weighted by Gasteiger charge is -2.06. The molecule has 0 unspecified atom stereocenters. The van der Waals surface area contributed by atoms with E-state index in [4.69, 9.17) is 4.98 Å². The monoisotopic (exact) mass is 463 g/mol. The summed E-state index contributed by atoms with van der Waals surface area (Å²) >= 11 is 0. The van der Waals surface area contributed by atoms with Crippen molar-refractivity contribution in [3.63, 3.8) is 0 Å². The number of nitrogens with one attached hydrogen (secondary N) is 3. The minimum Gasteiger partial charge on any atom is -0.335 e. The Labute approximate surface area is 200 Å². The van der Waals surface area contributed by atoms with Gasteiger partial charge in [-0.1, -0.05) is 25.1 Å². The molecule has 8 heteroatoms. The topological polar surface area (TPSA) is 95.2 Å². The maximum Gasteiger partial charge on any atom is 0.159 e. The van der Waals surface area contributed by atoms with Crippen LogP contribution in [0.25, 0.3) is 55.7 Å². The Kier molecular flexibility index (Phi) is 5.27. The molecule has 0 aliphatic heterocycles. The number of halogens is 1. The quantitative estimate of drug-likeness (QED) is 0.304. The van der Waals surface area contributed by atoms with Gasteiger partial charge in [0.2, 0.25) is 0 Å². The molecule has 0 spiro atoms. The SMILES string of the molecule is CCNCc1cncc(-c2ccc3[nH]nc(-c4nc5c(-c6ccc(F)cc6)cncc5[nH]4)c3c2)c1. The summed E-state index contributed by atoms with van der Waals surface area (Å²) in [7, 11) is 0. The molecule has 0 amide bonds. The number of imidazole rings is 1. The van der Waals surface area contributed by atoms with E-state index in [1.165, 1.54) is 12.1 Å². The van der Waals surface area contributed by atoms with Crippen LogP contribution in [0.15, 0.2) is 73.3 Å². The molecular weight excluding hydrogens is 441 g/mol. The van der Waals surface area contributed by atoms with Gasteiger partial charge in [-0.15, -0.1) is 0 Å². The predicted octanol–water partition coefficient (Wildman–Crippen LogP) is 5.48. The molecule has 0 saturated heterocycles. The Balaban J connectivity index is 1.43. The molecule has 4 aromatic heterocycles. The molecular formula is C27H22FN7. The highest BCUT2D eigenvalue weighted by molar-refractivity contribution is 5.98. The molecule has 0 saturated carbocycles. The third-order valence-electron chi connectivity index (χ3n) is 6.04. The fourth-order valence-electron chi connectivity index (χ4n) is 4.27. The first-order valence-corrected chi connectivity index (χ1v) is 11.4. The molecule has 0 bridgehead atoms. The van der Waals surface area contributed by atoms with Crippen LogP contribution in [-0.2, 0) is 6.54 Å². The van der Waals surface area contributed by atoms with Crippen molar-refractivity contribution in [1.82, 2.24) is 35.5 Å². The van der Waals surface area contributed by atoms with E-state index in [0.29, 0.717) is 5.82 Å². The van der Waals surface area contributed by atoms with E-state index >= 15 is 0 Å². The van der Waals surface area contributed by atoms with Crippen LogP contribution in [0.3, 0.4) is 0 Å². The maximum atomic E-state index is 13.4. The predicted molar refractivity (Wildman–Crippen MR) is 135 cm³/mol. The second kappa shape index (κ2) is 8.73. The molecule has 0 radical (unpaired) electrons. The second-order valence-corrected chi connectivity index (χ2v) is 8.37. The lowest BCUT2D eigenvalue weighted by atomic mass is 10.0. The number of benzene rings is 2. The number of pyridine rings is 2. The van der Waals surface area contributed by atoms with Gasteiger partial charge in [-0.3, -0.25) is 15.1 Å². The first-order chi connectivity index (χ1) is 17.2. The average molecular weight is 464 g/mol. The number of hydrogen-bond acceptors (Lipinski definition) is 5. The van der Waals surface area contributed by atoms with E-state index in [2.05, 4.69) is 55.6 Å². The molecule has 6 aromatic rings. The van der Waals surface area contributed by atoms with E-state index < -0.39 is 0 Å². The van der Waals surface area contributed by atoms with Gasteiger partial charge in [-0.25, -0.2) is 9.37 Å². The van der Waals surface area contributed by atoms with Gasteiger partial charge in [0.15, 0.2) is 5.82 Å². The number of hydrogen-bond donors (Lipinski definition) is 3. The smallest absolute Gasteiger partial charge is 0.159 e. The summed E-state index contributed by atoms with van der Waals surface area (Å²) in [6.45, 7) is 3.77. The van der Waals surface area contributed by atoms with Crippen LogP contribution in [-0.4, -0.2) is 36.7 Å². The summed E-state index contributed by atoms with van der Waals surface area (Å²) in [5, 5.41) is 12.0. The van der Waals surface area contributed by atoms with Crippen molar-refractivity contribution in [1.29, 1.82) is 0 Å². The van der Waals surface area contributed by atoms with Gasteiger partial charge in [0.05, 0.1) is 22.7 Å². The number of aromatic amines is 2. The Morgan fingerprint density at radius 1 is 0.857 bits per heavy atom. The second-order valence-electron chi connectivity index (χ2n) is 8.37. The Bertz CT molecular complexity index is 1650. The molecule has 0 fully saturated rings. The summed E-state index contributed by atoms with van der Waals surface area (Å²) in [6.07, 6.45) is 7.24. The molecule has 35 heavy (non-hydrogen) atoms. The summed E-state index contributed by atoms with van der Waals surface area (Å²) in [6, 6.07) is 14.7. The summed E-state index contributed by atoms with van der Waals surface area (Å²) < 4.78 is 13.4. The van der Waals surface area contributed by atoms with Crippen LogP contribution in [0, 0.1) is 5.82 Å². The number of aromatic nitrogens is 6. The number of nitrogens with zero attached hydrogens (tertiary/aromatic N) is 4. The minimum atomic E-state index is -0.280. The van der Waals surface area contributed by atoms with E-state index in [0.717, 1.165) is 68.5 Å². The van der Waals surface area contributed by atoms with Gasteiger partial charge < -0.3 is 10.3 Å². The van der Waals surface area contributed by atoms with Crippen molar-refractivity contribution in [3.05, 3.63) is 84.7 Å². The van der Waals surface area contributed by atoms with Crippen LogP contribution in [0.5, 0.6) is 0 Å². The minimum absolute atomic E-state index is 0.280. The van der Waals surface area contributed by atoms with E-state index in [1.807, 2.05) is 18.5 Å². The molecule has 4 heterocycles. The van der Waals surface area contributed by atoms with E-state index in [-0.39, 0.29) is 5.82 Å². The lowest BCUT2D eigenvalue weighted by Crippen LogP contribution is -2.11. The van der Waals surface area contributed by atoms with E-state index in [1.54, 1.807) is 24.5 Å². The van der Waals surface area contributed by atoms with Crippen LogP contribution in [0.2, 0.25) is 0 Å². The molecule has 6 rings (SSSR count). The van der Waals surface area contributed by atoms with Gasteiger partial charge in [-0.2, -0.15) is 5.10 Å². The fraction of sp³-hybridized carbons (Fsp3) is 0.111. The van der Waals surface area contributed by atoms with Crippen molar-refractivity contribution in [2.75, 3.05) is 6.54 Å². The largest absolute Gasteiger partial charge is 0.335 e. The van der Waals surface area contributed by atoms with Crippen LogP contribution >= 0.6 is 0 Å². The third kappa shape index (κ3) is 3.94. The normalized spacial score (nSPS) is 11.5. The summed E-state index contributed by atoms with van der Waals surface area (Å²) in [5.74, 6) is 0.358. The Hall–Kier alpha value is -4.43.